The van der Waals surface area contributed by atoms with Gasteiger partial charge in [-0.25, -0.2) is 0 Å². The summed E-state index contributed by atoms with van der Waals surface area (Å²) in [6, 6.07) is 0.348. The molecule has 0 aliphatic carbocycles. The van der Waals surface area contributed by atoms with Crippen LogP contribution in [0.4, 0.5) is 0 Å². The van der Waals surface area contributed by atoms with Crippen molar-refractivity contribution in [2.75, 3.05) is 39.8 Å². The van der Waals surface area contributed by atoms with E-state index in [0.29, 0.717) is 11.9 Å². The number of piperidine rings is 1. The summed E-state index contributed by atoms with van der Waals surface area (Å²) >= 11 is 0. The van der Waals surface area contributed by atoms with Gasteiger partial charge in [-0.3, -0.25) is 14.7 Å². The van der Waals surface area contributed by atoms with Crippen LogP contribution in [0.25, 0.3) is 0 Å². The molecule has 2 saturated heterocycles. The maximum atomic E-state index is 12.0. The fraction of sp³-hybridized carbons (Fsp3) is 0.900. The zero-order valence-electron chi connectivity index (χ0n) is 17.7. The van der Waals surface area contributed by atoms with Crippen LogP contribution in [0.1, 0.15) is 65.7 Å². The number of rotatable bonds is 8. The molecule has 0 aromatic heterocycles. The Morgan fingerprint density at radius 1 is 1.15 bits per heavy atom. The van der Waals surface area contributed by atoms with Gasteiger partial charge >= 0.3 is 0 Å². The monoisotopic (exact) mass is 493 g/mol. The zero-order valence-corrected chi connectivity index (χ0v) is 20.1. The summed E-state index contributed by atoms with van der Waals surface area (Å²) in [6.45, 7) is 11.8. The van der Waals surface area contributed by atoms with Crippen LogP contribution in [-0.2, 0) is 4.79 Å². The van der Waals surface area contributed by atoms with Gasteiger partial charge in [0.2, 0.25) is 5.91 Å². The average Bonchev–Trinajstić information content (AvgIpc) is 3.08. The summed E-state index contributed by atoms with van der Waals surface area (Å²) in [6.07, 6.45) is 7.70. The van der Waals surface area contributed by atoms with Crippen molar-refractivity contribution in [3.8, 4) is 0 Å². The van der Waals surface area contributed by atoms with Gasteiger partial charge in [-0.05, 0) is 59.0 Å². The first-order chi connectivity index (χ1) is 12.5. The highest BCUT2D eigenvalue weighted by molar-refractivity contribution is 14.0. The Bertz CT molecular complexity index is 477. The van der Waals surface area contributed by atoms with E-state index in [0.717, 1.165) is 51.3 Å². The smallest absolute Gasteiger partial charge is 0.222 e. The molecule has 2 rings (SSSR count). The molecule has 158 valence electrons. The quantitative estimate of drug-likeness (QED) is 0.310. The van der Waals surface area contributed by atoms with E-state index in [9.17, 15) is 4.79 Å². The summed E-state index contributed by atoms with van der Waals surface area (Å²) in [7, 11) is 1.82. The molecule has 0 bridgehead atoms. The summed E-state index contributed by atoms with van der Waals surface area (Å²) in [5, 5.41) is 6.92. The van der Waals surface area contributed by atoms with Gasteiger partial charge in [-0.15, -0.1) is 24.0 Å². The van der Waals surface area contributed by atoms with E-state index in [2.05, 4.69) is 46.2 Å². The largest absolute Gasteiger partial charge is 0.356 e. The molecule has 1 unspecified atom stereocenters. The van der Waals surface area contributed by atoms with Crippen LogP contribution in [-0.4, -0.2) is 73.0 Å². The third-order valence-electron chi connectivity index (χ3n) is 5.92. The van der Waals surface area contributed by atoms with Crippen molar-refractivity contribution in [3.05, 3.63) is 0 Å². The maximum absolute atomic E-state index is 12.0. The predicted molar refractivity (Wildman–Crippen MR) is 124 cm³/mol. The molecule has 0 radical (unpaired) electrons. The second kappa shape index (κ2) is 12.1. The lowest BCUT2D eigenvalue weighted by molar-refractivity contribution is -0.129. The van der Waals surface area contributed by atoms with Crippen molar-refractivity contribution in [2.45, 2.75) is 77.3 Å². The third kappa shape index (κ3) is 7.40. The van der Waals surface area contributed by atoms with Crippen LogP contribution < -0.4 is 10.6 Å². The number of likely N-dealkylation sites (tertiary alicyclic amines) is 2. The van der Waals surface area contributed by atoms with Crippen molar-refractivity contribution in [1.82, 2.24) is 20.4 Å². The number of carbonyl (C=O) groups is 1. The minimum absolute atomic E-state index is 0. The van der Waals surface area contributed by atoms with Gasteiger partial charge in [0.1, 0.15) is 0 Å². The van der Waals surface area contributed by atoms with Crippen LogP contribution in [0.15, 0.2) is 4.99 Å². The molecule has 0 aromatic rings. The van der Waals surface area contributed by atoms with Gasteiger partial charge in [0, 0.05) is 44.7 Å². The van der Waals surface area contributed by atoms with Gasteiger partial charge in [0.15, 0.2) is 5.96 Å². The van der Waals surface area contributed by atoms with Crippen molar-refractivity contribution in [3.63, 3.8) is 0 Å². The van der Waals surface area contributed by atoms with E-state index in [-0.39, 0.29) is 29.5 Å². The summed E-state index contributed by atoms with van der Waals surface area (Å²) in [5.41, 5.74) is 0.131. The number of nitrogens with one attached hydrogen (secondary N) is 2. The second-order valence-electron chi connectivity index (χ2n) is 8.25. The highest BCUT2D eigenvalue weighted by atomic mass is 127. The maximum Gasteiger partial charge on any atom is 0.222 e. The minimum atomic E-state index is 0. The van der Waals surface area contributed by atoms with Gasteiger partial charge in [0.25, 0.3) is 0 Å². The number of hydrogen-bond acceptors (Lipinski definition) is 3. The Morgan fingerprint density at radius 2 is 1.85 bits per heavy atom. The van der Waals surface area contributed by atoms with E-state index in [1.807, 2.05) is 7.05 Å². The molecule has 2 aliphatic rings. The molecule has 1 amide bonds. The Kier molecular flexibility index (Phi) is 11.0. The number of halogens is 1. The number of guanidine groups is 1. The average molecular weight is 493 g/mol. The minimum Gasteiger partial charge on any atom is -0.356 e. The molecule has 27 heavy (non-hydrogen) atoms. The summed E-state index contributed by atoms with van der Waals surface area (Å²) in [4.78, 5) is 21.0. The highest BCUT2D eigenvalue weighted by Gasteiger charge is 2.28. The van der Waals surface area contributed by atoms with Gasteiger partial charge in [-0.2, -0.15) is 0 Å². The van der Waals surface area contributed by atoms with Gasteiger partial charge in [-0.1, -0.05) is 13.3 Å². The normalized spacial score (nSPS) is 20.4. The number of carbonyl (C=O) groups excluding carboxylic acids is 1. The topological polar surface area (TPSA) is 60.0 Å². The molecule has 2 aliphatic heterocycles. The van der Waals surface area contributed by atoms with E-state index >= 15 is 0 Å². The first kappa shape index (κ1) is 24.5. The second-order valence-corrected chi connectivity index (χ2v) is 8.25. The number of nitrogens with zero attached hydrogens (tertiary/aromatic N) is 3. The Hall–Kier alpha value is -0.570. The predicted octanol–water partition coefficient (Wildman–Crippen LogP) is 2.83. The molecular formula is C20H40IN5O. The van der Waals surface area contributed by atoms with Crippen molar-refractivity contribution >= 4 is 35.8 Å². The van der Waals surface area contributed by atoms with Crippen molar-refractivity contribution < 1.29 is 4.79 Å². The molecule has 2 fully saturated rings. The summed E-state index contributed by atoms with van der Waals surface area (Å²) in [5.74, 6) is 1.18. The molecule has 0 spiro atoms. The molecule has 1 atom stereocenters. The van der Waals surface area contributed by atoms with E-state index in [4.69, 9.17) is 0 Å². The van der Waals surface area contributed by atoms with Crippen LogP contribution >= 0.6 is 24.0 Å². The molecule has 7 heteroatoms. The number of hydrogen-bond donors (Lipinski definition) is 2. The third-order valence-corrected chi connectivity index (χ3v) is 5.92. The molecule has 2 N–H and O–H groups in total. The van der Waals surface area contributed by atoms with Gasteiger partial charge in [0.05, 0.1) is 0 Å². The number of amides is 1. The van der Waals surface area contributed by atoms with Crippen LogP contribution in [0.3, 0.4) is 0 Å². The first-order valence-corrected chi connectivity index (χ1v) is 10.5. The van der Waals surface area contributed by atoms with Crippen LogP contribution in [0.5, 0.6) is 0 Å². The van der Waals surface area contributed by atoms with E-state index in [1.165, 1.54) is 32.4 Å². The lowest BCUT2D eigenvalue weighted by Gasteiger charge is -2.41. The molecular weight excluding hydrogens is 453 g/mol. The fourth-order valence-corrected chi connectivity index (χ4v) is 4.12. The van der Waals surface area contributed by atoms with E-state index in [1.54, 1.807) is 0 Å². The summed E-state index contributed by atoms with van der Waals surface area (Å²) < 4.78 is 0. The lowest BCUT2D eigenvalue weighted by atomic mass is 9.98. The van der Waals surface area contributed by atoms with Crippen molar-refractivity contribution in [2.24, 2.45) is 4.99 Å². The van der Waals surface area contributed by atoms with Crippen LogP contribution in [0.2, 0.25) is 0 Å². The van der Waals surface area contributed by atoms with Crippen molar-refractivity contribution in [1.29, 1.82) is 0 Å². The van der Waals surface area contributed by atoms with Crippen LogP contribution in [0, 0.1) is 0 Å². The standard InChI is InChI=1S/C20H39N5O.HI/c1-5-17(25-15-9-10-18(25)26)11-12-22-19(21-4)23-16-20(2,3)24-13-7-6-8-14-24;/h17H,5-16H2,1-4H3,(H2,21,22,23);1H. The Balaban J connectivity index is 0.00000364. The first-order valence-electron chi connectivity index (χ1n) is 10.5. The molecule has 6 nitrogen and oxygen atoms in total. The van der Waals surface area contributed by atoms with E-state index < -0.39 is 0 Å². The van der Waals surface area contributed by atoms with Gasteiger partial charge < -0.3 is 15.5 Å². The number of aliphatic imine (C=N–C) groups is 1. The highest BCUT2D eigenvalue weighted by Crippen LogP contribution is 2.20. The Labute approximate surface area is 182 Å². The molecule has 2 heterocycles. The molecule has 0 aromatic carbocycles. The zero-order chi connectivity index (χ0) is 19.0. The fourth-order valence-electron chi connectivity index (χ4n) is 4.12. The Morgan fingerprint density at radius 3 is 2.41 bits per heavy atom. The molecule has 0 saturated carbocycles. The SMILES string of the molecule is CCC(CCNC(=NC)NCC(C)(C)N1CCCCC1)N1CCCC1=O.I. The lowest BCUT2D eigenvalue weighted by Crippen LogP contribution is -2.55.